The van der Waals surface area contributed by atoms with E-state index in [2.05, 4.69) is 0 Å². The van der Waals surface area contributed by atoms with Gasteiger partial charge < -0.3 is 4.90 Å². The maximum absolute atomic E-state index is 11.9. The average Bonchev–Trinajstić information content (AvgIpc) is 2.82. The van der Waals surface area contributed by atoms with Crippen LogP contribution >= 0.6 is 0 Å². The Hall–Kier alpha value is -1.18. The van der Waals surface area contributed by atoms with Crippen LogP contribution in [0.25, 0.3) is 0 Å². The molecule has 72 valence electrons. The van der Waals surface area contributed by atoms with Gasteiger partial charge in [0.25, 0.3) is 6.43 Å². The number of carbonyl (C=O) groups excluding carboxylic acids is 1. The Morgan fingerprint density at radius 3 is 2.54 bits per heavy atom. The van der Waals surface area contributed by atoms with Crippen LogP contribution in [0.3, 0.4) is 0 Å². The van der Waals surface area contributed by atoms with Crippen molar-refractivity contribution in [2.24, 2.45) is 5.41 Å². The molecule has 13 heavy (non-hydrogen) atoms. The van der Waals surface area contributed by atoms with Crippen molar-refractivity contribution >= 4 is 5.91 Å². The first-order chi connectivity index (χ1) is 6.02. The molecule has 0 N–H and O–H groups in total. The lowest BCUT2D eigenvalue weighted by Gasteiger charge is -2.18. The van der Waals surface area contributed by atoms with Gasteiger partial charge in [0.15, 0.2) is 0 Å². The number of nitrogens with zero attached hydrogens (tertiary/aromatic N) is 2. The molecular formula is C8H10F2N2O. The van der Waals surface area contributed by atoms with Gasteiger partial charge in [0.1, 0.15) is 5.41 Å². The first-order valence-corrected chi connectivity index (χ1v) is 3.97. The smallest absolute Gasteiger partial charge is 0.255 e. The lowest BCUT2D eigenvalue weighted by Crippen LogP contribution is -2.36. The Kier molecular flexibility index (Phi) is 2.50. The van der Waals surface area contributed by atoms with Crippen molar-refractivity contribution in [3.63, 3.8) is 0 Å². The van der Waals surface area contributed by atoms with Gasteiger partial charge in [0.05, 0.1) is 12.6 Å². The van der Waals surface area contributed by atoms with Crippen molar-refractivity contribution in [1.82, 2.24) is 4.90 Å². The fourth-order valence-electron chi connectivity index (χ4n) is 1.15. The summed E-state index contributed by atoms with van der Waals surface area (Å²) in [4.78, 5) is 12.3. The number of amides is 1. The van der Waals surface area contributed by atoms with Crippen molar-refractivity contribution < 1.29 is 13.6 Å². The molecule has 0 atom stereocenters. The van der Waals surface area contributed by atoms with Gasteiger partial charge in [-0.05, 0) is 12.8 Å². The van der Waals surface area contributed by atoms with Crippen LogP contribution in [0, 0.1) is 16.7 Å². The van der Waals surface area contributed by atoms with Crippen LogP contribution in [0.15, 0.2) is 0 Å². The predicted molar refractivity (Wildman–Crippen MR) is 40.9 cm³/mol. The van der Waals surface area contributed by atoms with Gasteiger partial charge in [-0.2, -0.15) is 5.26 Å². The molecule has 0 heterocycles. The molecule has 0 radical (unpaired) electrons. The molecule has 0 unspecified atom stereocenters. The third kappa shape index (κ3) is 1.94. The molecule has 0 spiro atoms. The lowest BCUT2D eigenvalue weighted by molar-refractivity contribution is -0.135. The second kappa shape index (κ2) is 3.29. The third-order valence-corrected chi connectivity index (χ3v) is 2.13. The minimum atomic E-state index is -2.54. The first kappa shape index (κ1) is 9.90. The van der Waals surface area contributed by atoms with Crippen LogP contribution in [-0.4, -0.2) is 30.8 Å². The van der Waals surface area contributed by atoms with Crippen molar-refractivity contribution in [2.75, 3.05) is 13.6 Å². The van der Waals surface area contributed by atoms with E-state index >= 15 is 0 Å². The van der Waals surface area contributed by atoms with E-state index in [1.165, 1.54) is 7.05 Å². The molecule has 0 bridgehead atoms. The topological polar surface area (TPSA) is 44.1 Å². The molecule has 1 rings (SSSR count). The molecule has 1 amide bonds. The molecule has 0 saturated heterocycles. The van der Waals surface area contributed by atoms with Crippen LogP contribution in [0.4, 0.5) is 8.78 Å². The first-order valence-electron chi connectivity index (χ1n) is 3.97. The number of halogens is 2. The number of hydrogen-bond donors (Lipinski definition) is 0. The number of carbonyl (C=O) groups is 1. The third-order valence-electron chi connectivity index (χ3n) is 2.13. The van der Waals surface area contributed by atoms with E-state index in [4.69, 9.17) is 5.26 Å². The van der Waals surface area contributed by atoms with Crippen LogP contribution in [0.1, 0.15) is 12.8 Å². The van der Waals surface area contributed by atoms with Gasteiger partial charge in [-0.25, -0.2) is 8.78 Å². The fraction of sp³-hybridized carbons (Fsp3) is 0.750. The largest absolute Gasteiger partial charge is 0.339 e. The monoisotopic (exact) mass is 188 g/mol. The fourth-order valence-corrected chi connectivity index (χ4v) is 1.15. The van der Waals surface area contributed by atoms with Crippen LogP contribution < -0.4 is 0 Å². The van der Waals surface area contributed by atoms with E-state index in [1.807, 2.05) is 6.07 Å². The van der Waals surface area contributed by atoms with Crippen LogP contribution in [0.5, 0.6) is 0 Å². The van der Waals surface area contributed by atoms with Gasteiger partial charge >= 0.3 is 0 Å². The molecule has 1 aliphatic carbocycles. The highest BCUT2D eigenvalue weighted by Gasteiger charge is 2.52. The van der Waals surface area contributed by atoms with Crippen molar-refractivity contribution in [1.29, 1.82) is 5.26 Å². The molecule has 0 aromatic carbocycles. The molecule has 0 aliphatic heterocycles. The lowest BCUT2D eigenvalue weighted by atomic mass is 10.1. The second-order valence-electron chi connectivity index (χ2n) is 3.27. The van der Waals surface area contributed by atoms with E-state index < -0.39 is 24.3 Å². The Morgan fingerprint density at radius 2 is 2.23 bits per heavy atom. The summed E-state index contributed by atoms with van der Waals surface area (Å²) in [6, 6.07) is 1.87. The SMILES string of the molecule is CN(CC(F)F)C(=O)C1(C#N)CC1. The van der Waals surface area contributed by atoms with Crippen molar-refractivity contribution in [3.05, 3.63) is 0 Å². The van der Waals surface area contributed by atoms with E-state index in [1.54, 1.807) is 0 Å². The summed E-state index contributed by atoms with van der Waals surface area (Å²) in [6.07, 6.45) is -1.55. The summed E-state index contributed by atoms with van der Waals surface area (Å²) < 4.78 is 23.8. The minimum absolute atomic E-state index is 0.477. The van der Waals surface area contributed by atoms with Crippen molar-refractivity contribution in [2.45, 2.75) is 19.3 Å². The Balaban J connectivity index is 2.54. The Morgan fingerprint density at radius 1 is 1.69 bits per heavy atom. The maximum Gasteiger partial charge on any atom is 0.255 e. The van der Waals surface area contributed by atoms with Gasteiger partial charge in [0.2, 0.25) is 5.91 Å². The summed E-state index contributed by atoms with van der Waals surface area (Å²) in [5.74, 6) is -0.477. The number of rotatable bonds is 3. The van der Waals surface area contributed by atoms with Crippen LogP contribution in [0.2, 0.25) is 0 Å². The van der Waals surface area contributed by atoms with E-state index in [0.717, 1.165) is 4.90 Å². The quantitative estimate of drug-likeness (QED) is 0.663. The van der Waals surface area contributed by atoms with Gasteiger partial charge in [-0.1, -0.05) is 0 Å². The molecule has 0 aromatic rings. The highest BCUT2D eigenvalue weighted by Crippen LogP contribution is 2.46. The zero-order valence-corrected chi connectivity index (χ0v) is 7.26. The average molecular weight is 188 g/mol. The van der Waals surface area contributed by atoms with Crippen LogP contribution in [-0.2, 0) is 4.79 Å². The number of alkyl halides is 2. The van der Waals surface area contributed by atoms with Crippen molar-refractivity contribution in [3.8, 4) is 6.07 Å². The second-order valence-corrected chi connectivity index (χ2v) is 3.27. The predicted octanol–water partition coefficient (Wildman–Crippen LogP) is 1.01. The summed E-state index contributed by atoms with van der Waals surface area (Å²) in [5, 5.41) is 8.62. The zero-order valence-electron chi connectivity index (χ0n) is 7.26. The molecule has 3 nitrogen and oxygen atoms in total. The maximum atomic E-state index is 11.9. The molecule has 1 fully saturated rings. The van der Waals surface area contributed by atoms with Gasteiger partial charge in [-0.15, -0.1) is 0 Å². The van der Waals surface area contributed by atoms with E-state index in [-0.39, 0.29) is 0 Å². The highest BCUT2D eigenvalue weighted by atomic mass is 19.3. The molecule has 1 aliphatic rings. The highest BCUT2D eigenvalue weighted by molar-refractivity contribution is 5.88. The normalized spacial score (nSPS) is 18.1. The molecular weight excluding hydrogens is 178 g/mol. The Bertz CT molecular complexity index is 255. The van der Waals surface area contributed by atoms with E-state index in [9.17, 15) is 13.6 Å². The number of hydrogen-bond acceptors (Lipinski definition) is 2. The van der Waals surface area contributed by atoms with Gasteiger partial charge in [0, 0.05) is 7.05 Å². The molecule has 0 aromatic heterocycles. The minimum Gasteiger partial charge on any atom is -0.339 e. The van der Waals surface area contributed by atoms with E-state index in [0.29, 0.717) is 12.8 Å². The summed E-state index contributed by atoms with van der Waals surface area (Å²) in [7, 11) is 1.30. The molecule has 5 heteroatoms. The number of nitriles is 1. The molecule has 1 saturated carbocycles. The van der Waals surface area contributed by atoms with Gasteiger partial charge in [-0.3, -0.25) is 4.79 Å². The summed E-state index contributed by atoms with van der Waals surface area (Å²) >= 11 is 0. The zero-order chi connectivity index (χ0) is 10.1. The standard InChI is InChI=1S/C8H10F2N2O/c1-12(4-6(9)10)7(13)8(5-11)2-3-8/h6H,2-4H2,1H3. The summed E-state index contributed by atoms with van der Waals surface area (Å²) in [5.41, 5.74) is -0.982. The summed E-state index contributed by atoms with van der Waals surface area (Å²) in [6.45, 7) is -0.595. The Labute approximate surface area is 74.9 Å².